The molecule has 1 aliphatic heterocycles. The second kappa shape index (κ2) is 6.02. The predicted octanol–water partition coefficient (Wildman–Crippen LogP) is 2.12. The van der Waals surface area contributed by atoms with Crippen LogP contribution in [0.3, 0.4) is 0 Å². The molecule has 3 heteroatoms. The monoisotopic (exact) mass is 199 g/mol. The van der Waals surface area contributed by atoms with E-state index in [0.717, 1.165) is 38.8 Å². The standard InChI is InChI=1S/C11H21NO2/c1-2-3-5-8-12-9-6-4-7-10(12)11(13)14/h10H,2-9H2,1H3,(H,13,14)/t10-/m0/s1. The van der Waals surface area contributed by atoms with E-state index in [0.29, 0.717) is 0 Å². The van der Waals surface area contributed by atoms with Gasteiger partial charge in [0.2, 0.25) is 0 Å². The molecule has 0 saturated carbocycles. The maximum absolute atomic E-state index is 11.0. The average Bonchev–Trinajstić information content (AvgIpc) is 2.19. The van der Waals surface area contributed by atoms with Crippen LogP contribution in [0.4, 0.5) is 0 Å². The summed E-state index contributed by atoms with van der Waals surface area (Å²) < 4.78 is 0. The number of carboxylic acids is 1. The molecule has 14 heavy (non-hydrogen) atoms. The van der Waals surface area contributed by atoms with Crippen LogP contribution in [0.25, 0.3) is 0 Å². The zero-order valence-corrected chi connectivity index (χ0v) is 9.04. The molecule has 82 valence electrons. The van der Waals surface area contributed by atoms with Crippen LogP contribution in [0.15, 0.2) is 0 Å². The highest BCUT2D eigenvalue weighted by molar-refractivity contribution is 5.73. The Balaban J connectivity index is 2.34. The minimum Gasteiger partial charge on any atom is -0.480 e. The molecule has 1 N–H and O–H groups in total. The van der Waals surface area contributed by atoms with Gasteiger partial charge in [0.15, 0.2) is 0 Å². The minimum absolute atomic E-state index is 0.208. The Hall–Kier alpha value is -0.570. The van der Waals surface area contributed by atoms with Gasteiger partial charge in [-0.05, 0) is 32.4 Å². The van der Waals surface area contributed by atoms with Crippen LogP contribution in [-0.4, -0.2) is 35.1 Å². The topological polar surface area (TPSA) is 40.5 Å². The summed E-state index contributed by atoms with van der Waals surface area (Å²) in [5.41, 5.74) is 0. The molecule has 0 aromatic heterocycles. The number of hydrogen-bond acceptors (Lipinski definition) is 2. The van der Waals surface area contributed by atoms with Gasteiger partial charge in [0.05, 0.1) is 0 Å². The molecule has 0 aromatic rings. The lowest BCUT2D eigenvalue weighted by atomic mass is 10.0. The Morgan fingerprint density at radius 1 is 1.43 bits per heavy atom. The van der Waals surface area contributed by atoms with Crippen molar-refractivity contribution in [1.82, 2.24) is 4.90 Å². The summed E-state index contributed by atoms with van der Waals surface area (Å²) in [5.74, 6) is -0.638. The third kappa shape index (κ3) is 3.29. The van der Waals surface area contributed by atoms with Crippen molar-refractivity contribution in [3.05, 3.63) is 0 Å². The lowest BCUT2D eigenvalue weighted by Crippen LogP contribution is -2.44. The van der Waals surface area contributed by atoms with Crippen LogP contribution in [0.2, 0.25) is 0 Å². The molecule has 0 bridgehead atoms. The zero-order chi connectivity index (χ0) is 10.4. The Labute approximate surface area is 86.1 Å². The van der Waals surface area contributed by atoms with E-state index in [2.05, 4.69) is 11.8 Å². The van der Waals surface area contributed by atoms with Gasteiger partial charge >= 0.3 is 5.97 Å². The molecular weight excluding hydrogens is 178 g/mol. The normalized spacial score (nSPS) is 23.6. The highest BCUT2D eigenvalue weighted by Gasteiger charge is 2.27. The molecule has 0 unspecified atom stereocenters. The van der Waals surface area contributed by atoms with Gasteiger partial charge in [-0.1, -0.05) is 26.2 Å². The van der Waals surface area contributed by atoms with Gasteiger partial charge in [0.1, 0.15) is 6.04 Å². The Bertz CT molecular complexity index is 182. The number of likely N-dealkylation sites (tertiary alicyclic amines) is 1. The van der Waals surface area contributed by atoms with Crippen LogP contribution >= 0.6 is 0 Å². The molecule has 0 spiro atoms. The number of unbranched alkanes of at least 4 members (excludes halogenated alkanes) is 2. The molecule has 0 radical (unpaired) electrons. The van der Waals surface area contributed by atoms with Crippen molar-refractivity contribution in [2.24, 2.45) is 0 Å². The summed E-state index contributed by atoms with van der Waals surface area (Å²) >= 11 is 0. The van der Waals surface area contributed by atoms with E-state index in [1.54, 1.807) is 0 Å². The van der Waals surface area contributed by atoms with Crippen LogP contribution in [-0.2, 0) is 4.79 Å². The second-order valence-electron chi connectivity index (χ2n) is 4.09. The molecule has 0 aliphatic carbocycles. The van der Waals surface area contributed by atoms with E-state index >= 15 is 0 Å². The Morgan fingerprint density at radius 3 is 2.86 bits per heavy atom. The summed E-state index contributed by atoms with van der Waals surface area (Å²) in [6, 6.07) is -0.208. The molecule has 0 amide bonds. The van der Waals surface area contributed by atoms with Crippen molar-refractivity contribution in [2.75, 3.05) is 13.1 Å². The van der Waals surface area contributed by atoms with E-state index in [1.807, 2.05) is 0 Å². The first-order valence-electron chi connectivity index (χ1n) is 5.72. The molecule has 1 atom stereocenters. The fourth-order valence-corrected chi connectivity index (χ4v) is 2.10. The van der Waals surface area contributed by atoms with Gasteiger partial charge in [0.25, 0.3) is 0 Å². The van der Waals surface area contributed by atoms with Gasteiger partial charge in [-0.3, -0.25) is 9.69 Å². The maximum atomic E-state index is 11.0. The van der Waals surface area contributed by atoms with Gasteiger partial charge in [-0.15, -0.1) is 0 Å². The second-order valence-corrected chi connectivity index (χ2v) is 4.09. The third-order valence-electron chi connectivity index (χ3n) is 2.95. The van der Waals surface area contributed by atoms with E-state index < -0.39 is 5.97 Å². The highest BCUT2D eigenvalue weighted by atomic mass is 16.4. The van der Waals surface area contributed by atoms with Gasteiger partial charge in [-0.25, -0.2) is 0 Å². The smallest absolute Gasteiger partial charge is 0.320 e. The average molecular weight is 199 g/mol. The summed E-state index contributed by atoms with van der Waals surface area (Å²) in [7, 11) is 0. The van der Waals surface area contributed by atoms with Crippen molar-refractivity contribution in [3.8, 4) is 0 Å². The molecule has 1 aliphatic rings. The number of hydrogen-bond donors (Lipinski definition) is 1. The molecule has 1 saturated heterocycles. The van der Waals surface area contributed by atoms with Gasteiger partial charge < -0.3 is 5.11 Å². The summed E-state index contributed by atoms with van der Waals surface area (Å²) in [6.07, 6.45) is 6.62. The van der Waals surface area contributed by atoms with Crippen LogP contribution in [0, 0.1) is 0 Å². The first-order chi connectivity index (χ1) is 6.75. The Morgan fingerprint density at radius 2 is 2.21 bits per heavy atom. The number of carbonyl (C=O) groups is 1. The summed E-state index contributed by atoms with van der Waals surface area (Å²) in [6.45, 7) is 4.11. The number of piperidine rings is 1. The number of carboxylic acid groups (broad SMARTS) is 1. The molecule has 0 aromatic carbocycles. The van der Waals surface area contributed by atoms with E-state index in [-0.39, 0.29) is 6.04 Å². The largest absolute Gasteiger partial charge is 0.480 e. The van der Waals surface area contributed by atoms with Crippen molar-refractivity contribution < 1.29 is 9.90 Å². The van der Waals surface area contributed by atoms with Crippen LogP contribution in [0.5, 0.6) is 0 Å². The third-order valence-corrected chi connectivity index (χ3v) is 2.95. The fraction of sp³-hybridized carbons (Fsp3) is 0.909. The van der Waals surface area contributed by atoms with E-state index in [1.165, 1.54) is 12.8 Å². The first kappa shape index (κ1) is 11.5. The van der Waals surface area contributed by atoms with E-state index in [9.17, 15) is 4.79 Å². The van der Waals surface area contributed by atoms with Gasteiger partial charge in [-0.2, -0.15) is 0 Å². The van der Waals surface area contributed by atoms with E-state index in [4.69, 9.17) is 5.11 Å². The molecule has 3 nitrogen and oxygen atoms in total. The number of rotatable bonds is 5. The zero-order valence-electron chi connectivity index (χ0n) is 9.04. The van der Waals surface area contributed by atoms with Crippen molar-refractivity contribution >= 4 is 5.97 Å². The maximum Gasteiger partial charge on any atom is 0.320 e. The SMILES string of the molecule is CCCCCN1CCCC[C@H]1C(=O)O. The predicted molar refractivity (Wildman–Crippen MR) is 56.4 cm³/mol. The minimum atomic E-state index is -0.638. The summed E-state index contributed by atoms with van der Waals surface area (Å²) in [4.78, 5) is 13.1. The van der Waals surface area contributed by atoms with Crippen LogP contribution in [0.1, 0.15) is 45.4 Å². The van der Waals surface area contributed by atoms with Gasteiger partial charge in [0, 0.05) is 0 Å². The lowest BCUT2D eigenvalue weighted by molar-refractivity contribution is -0.144. The summed E-state index contributed by atoms with van der Waals surface area (Å²) in [5, 5.41) is 9.02. The first-order valence-corrected chi connectivity index (χ1v) is 5.72. The number of aliphatic carboxylic acids is 1. The quantitative estimate of drug-likeness (QED) is 0.689. The molecule has 1 heterocycles. The number of nitrogens with zero attached hydrogens (tertiary/aromatic N) is 1. The van der Waals surface area contributed by atoms with Crippen molar-refractivity contribution in [1.29, 1.82) is 0 Å². The van der Waals surface area contributed by atoms with Crippen LogP contribution < -0.4 is 0 Å². The Kier molecular flexibility index (Phi) is 4.94. The molecular formula is C11H21NO2. The fourth-order valence-electron chi connectivity index (χ4n) is 2.10. The van der Waals surface area contributed by atoms with Crippen molar-refractivity contribution in [2.45, 2.75) is 51.5 Å². The molecule has 1 rings (SSSR count). The highest BCUT2D eigenvalue weighted by Crippen LogP contribution is 2.17. The lowest BCUT2D eigenvalue weighted by Gasteiger charge is -2.32. The van der Waals surface area contributed by atoms with Crippen molar-refractivity contribution in [3.63, 3.8) is 0 Å². The molecule has 1 fully saturated rings.